The average Bonchev–Trinajstić information content (AvgIpc) is 2.27. The summed E-state index contributed by atoms with van der Waals surface area (Å²) < 4.78 is 0. The van der Waals surface area contributed by atoms with Crippen LogP contribution in [0, 0.1) is 0 Å². The van der Waals surface area contributed by atoms with Crippen LogP contribution in [0.4, 0.5) is 5.82 Å². The third kappa shape index (κ3) is 2.32. The summed E-state index contributed by atoms with van der Waals surface area (Å²) in [6, 6.07) is 8.07. The molecule has 0 spiro atoms. The van der Waals surface area contributed by atoms with Crippen LogP contribution in [-0.2, 0) is 0 Å². The maximum absolute atomic E-state index is 4.35. The van der Waals surface area contributed by atoms with E-state index >= 15 is 0 Å². The molecule has 0 saturated heterocycles. The fraction of sp³-hybridized carbons (Fsp3) is 0.333. The Morgan fingerprint density at radius 2 is 2.06 bits per heavy atom. The molecule has 0 radical (unpaired) electrons. The molecule has 2 aromatic rings. The van der Waals surface area contributed by atoms with E-state index in [-0.39, 0.29) is 0 Å². The van der Waals surface area contributed by atoms with E-state index in [1.54, 1.807) is 6.33 Å². The topological polar surface area (TPSA) is 29.0 Å². The third-order valence-corrected chi connectivity index (χ3v) is 2.70. The van der Waals surface area contributed by atoms with E-state index in [2.05, 4.69) is 43.8 Å². The number of para-hydroxylation sites is 1. The number of anilines is 1. The van der Waals surface area contributed by atoms with Crippen molar-refractivity contribution in [3.63, 3.8) is 0 Å². The highest BCUT2D eigenvalue weighted by Crippen LogP contribution is 2.21. The first-order valence-corrected chi connectivity index (χ1v) is 6.15. The molecular formula is C12H14BrN3. The Balaban J connectivity index is 2.44. The monoisotopic (exact) mass is 279 g/mol. The van der Waals surface area contributed by atoms with Crippen molar-refractivity contribution in [1.29, 1.82) is 0 Å². The van der Waals surface area contributed by atoms with Crippen molar-refractivity contribution in [2.24, 2.45) is 0 Å². The lowest BCUT2D eigenvalue weighted by molar-refractivity contribution is 0.862. The second-order valence-electron chi connectivity index (χ2n) is 3.88. The van der Waals surface area contributed by atoms with E-state index in [1.807, 2.05) is 25.2 Å². The zero-order valence-corrected chi connectivity index (χ0v) is 11.0. The molecule has 0 fully saturated rings. The van der Waals surface area contributed by atoms with Crippen molar-refractivity contribution < 1.29 is 0 Å². The lowest BCUT2D eigenvalue weighted by Crippen LogP contribution is -2.25. The van der Waals surface area contributed by atoms with Crippen LogP contribution in [0.5, 0.6) is 0 Å². The van der Waals surface area contributed by atoms with Crippen molar-refractivity contribution in [3.05, 3.63) is 30.6 Å². The Hall–Kier alpha value is -1.16. The SMILES string of the molecule is CC(Br)CN(C)c1ncnc2ccccc12. The summed E-state index contributed by atoms with van der Waals surface area (Å²) in [5, 5.41) is 1.10. The Kier molecular flexibility index (Phi) is 3.39. The second kappa shape index (κ2) is 4.78. The van der Waals surface area contributed by atoms with Crippen molar-refractivity contribution in [2.75, 3.05) is 18.5 Å². The van der Waals surface area contributed by atoms with Gasteiger partial charge in [-0.05, 0) is 12.1 Å². The maximum atomic E-state index is 4.35. The molecule has 3 nitrogen and oxygen atoms in total. The Morgan fingerprint density at radius 1 is 1.31 bits per heavy atom. The van der Waals surface area contributed by atoms with E-state index in [9.17, 15) is 0 Å². The summed E-state index contributed by atoms with van der Waals surface area (Å²) >= 11 is 3.55. The van der Waals surface area contributed by atoms with Crippen molar-refractivity contribution in [2.45, 2.75) is 11.8 Å². The molecule has 1 atom stereocenters. The van der Waals surface area contributed by atoms with Gasteiger partial charge in [-0.25, -0.2) is 9.97 Å². The van der Waals surface area contributed by atoms with Crippen molar-refractivity contribution >= 4 is 32.7 Å². The van der Waals surface area contributed by atoms with Gasteiger partial charge in [0.15, 0.2) is 0 Å². The number of fused-ring (bicyclic) bond motifs is 1. The lowest BCUT2D eigenvalue weighted by atomic mass is 10.2. The van der Waals surface area contributed by atoms with Crippen LogP contribution in [0.3, 0.4) is 0 Å². The molecule has 84 valence electrons. The molecule has 1 aromatic heterocycles. The van der Waals surface area contributed by atoms with Crippen LogP contribution in [-0.4, -0.2) is 28.4 Å². The minimum Gasteiger partial charge on any atom is -0.358 e. The number of halogens is 1. The fourth-order valence-electron chi connectivity index (χ4n) is 1.76. The molecule has 1 aromatic carbocycles. The number of nitrogens with zero attached hydrogens (tertiary/aromatic N) is 3. The summed E-state index contributed by atoms with van der Waals surface area (Å²) in [4.78, 5) is 11.2. The van der Waals surface area contributed by atoms with Gasteiger partial charge in [-0.2, -0.15) is 0 Å². The van der Waals surface area contributed by atoms with Crippen LogP contribution >= 0.6 is 15.9 Å². The molecule has 0 aliphatic carbocycles. The van der Waals surface area contributed by atoms with E-state index in [1.165, 1.54) is 0 Å². The van der Waals surface area contributed by atoms with Gasteiger partial charge in [0.1, 0.15) is 12.1 Å². The van der Waals surface area contributed by atoms with Gasteiger partial charge in [-0.3, -0.25) is 0 Å². The molecule has 0 bridgehead atoms. The van der Waals surface area contributed by atoms with Crippen LogP contribution in [0.25, 0.3) is 10.9 Å². The second-order valence-corrected chi connectivity index (χ2v) is 5.44. The van der Waals surface area contributed by atoms with E-state index < -0.39 is 0 Å². The fourth-order valence-corrected chi connectivity index (χ4v) is 2.19. The van der Waals surface area contributed by atoms with Gasteiger partial charge in [0.25, 0.3) is 0 Å². The number of alkyl halides is 1. The average molecular weight is 280 g/mol. The zero-order valence-electron chi connectivity index (χ0n) is 9.39. The number of rotatable bonds is 3. The van der Waals surface area contributed by atoms with E-state index in [4.69, 9.17) is 0 Å². The lowest BCUT2D eigenvalue weighted by Gasteiger charge is -2.20. The molecule has 0 aliphatic heterocycles. The van der Waals surface area contributed by atoms with E-state index in [0.717, 1.165) is 23.3 Å². The molecule has 0 amide bonds. The predicted octanol–water partition coefficient (Wildman–Crippen LogP) is 2.85. The van der Waals surface area contributed by atoms with Crippen LogP contribution < -0.4 is 4.90 Å². The van der Waals surface area contributed by atoms with E-state index in [0.29, 0.717) is 4.83 Å². The Morgan fingerprint density at radius 3 is 2.81 bits per heavy atom. The largest absolute Gasteiger partial charge is 0.358 e. The number of aromatic nitrogens is 2. The quantitative estimate of drug-likeness (QED) is 0.809. The van der Waals surface area contributed by atoms with Gasteiger partial charge in [0, 0.05) is 23.8 Å². The molecule has 4 heteroatoms. The first-order chi connectivity index (χ1) is 7.68. The van der Waals surface area contributed by atoms with Gasteiger partial charge in [-0.15, -0.1) is 0 Å². The summed E-state index contributed by atoms with van der Waals surface area (Å²) in [5.74, 6) is 0.983. The zero-order chi connectivity index (χ0) is 11.5. The molecule has 16 heavy (non-hydrogen) atoms. The number of hydrogen-bond acceptors (Lipinski definition) is 3. The highest BCUT2D eigenvalue weighted by atomic mass is 79.9. The normalized spacial score (nSPS) is 12.7. The minimum atomic E-state index is 0.436. The van der Waals surface area contributed by atoms with Crippen molar-refractivity contribution in [1.82, 2.24) is 9.97 Å². The van der Waals surface area contributed by atoms with Gasteiger partial charge in [0.05, 0.1) is 5.52 Å². The van der Waals surface area contributed by atoms with Gasteiger partial charge in [-0.1, -0.05) is 35.0 Å². The molecule has 1 unspecified atom stereocenters. The molecule has 0 aliphatic rings. The standard InChI is InChI=1S/C12H14BrN3/c1-9(13)7-16(2)12-10-5-3-4-6-11(10)14-8-15-12/h3-6,8-9H,7H2,1-2H3. The van der Waals surface area contributed by atoms with Crippen molar-refractivity contribution in [3.8, 4) is 0 Å². The summed E-state index contributed by atoms with van der Waals surface area (Å²) in [6.45, 7) is 3.04. The summed E-state index contributed by atoms with van der Waals surface area (Å²) in [7, 11) is 2.05. The Bertz CT molecular complexity index is 479. The van der Waals surface area contributed by atoms with Crippen LogP contribution in [0.1, 0.15) is 6.92 Å². The highest BCUT2D eigenvalue weighted by molar-refractivity contribution is 9.09. The first-order valence-electron chi connectivity index (χ1n) is 5.23. The first kappa shape index (κ1) is 11.3. The predicted molar refractivity (Wildman–Crippen MR) is 71.2 cm³/mol. The Labute approximate surface area is 104 Å². The highest BCUT2D eigenvalue weighted by Gasteiger charge is 2.09. The minimum absolute atomic E-state index is 0.436. The van der Waals surface area contributed by atoms with Gasteiger partial charge in [0.2, 0.25) is 0 Å². The van der Waals surface area contributed by atoms with Gasteiger partial charge < -0.3 is 4.90 Å². The number of hydrogen-bond donors (Lipinski definition) is 0. The van der Waals surface area contributed by atoms with Gasteiger partial charge >= 0.3 is 0 Å². The molecule has 0 saturated carbocycles. The smallest absolute Gasteiger partial charge is 0.139 e. The van der Waals surface area contributed by atoms with Crippen LogP contribution in [0.15, 0.2) is 30.6 Å². The summed E-state index contributed by atoms with van der Waals surface area (Å²) in [5.41, 5.74) is 0.988. The molecule has 2 rings (SSSR count). The number of benzene rings is 1. The third-order valence-electron chi connectivity index (χ3n) is 2.41. The molecule has 1 heterocycles. The maximum Gasteiger partial charge on any atom is 0.139 e. The molecular weight excluding hydrogens is 266 g/mol. The summed E-state index contributed by atoms with van der Waals surface area (Å²) in [6.07, 6.45) is 1.62. The molecule has 0 N–H and O–H groups in total. The van der Waals surface area contributed by atoms with Crippen LogP contribution in [0.2, 0.25) is 0 Å².